The molecule has 0 aliphatic carbocycles. The van der Waals surface area contributed by atoms with Gasteiger partial charge < -0.3 is 19.1 Å². The van der Waals surface area contributed by atoms with E-state index in [1.807, 2.05) is 37.3 Å². The summed E-state index contributed by atoms with van der Waals surface area (Å²) < 4.78 is 10.9. The molecule has 29 heavy (non-hydrogen) atoms. The van der Waals surface area contributed by atoms with Gasteiger partial charge in [-0.05, 0) is 44.0 Å². The normalized spacial score (nSPS) is 16.6. The van der Waals surface area contributed by atoms with Crippen LogP contribution >= 0.6 is 0 Å². The second kappa shape index (κ2) is 8.34. The molecule has 1 saturated heterocycles. The Balaban J connectivity index is 1.36. The van der Waals surface area contributed by atoms with Crippen molar-refractivity contribution in [1.82, 2.24) is 15.2 Å². The molecular weight excluding hydrogens is 370 g/mol. The molecule has 2 aromatic heterocycles. The third-order valence-electron chi connectivity index (χ3n) is 5.05. The zero-order chi connectivity index (χ0) is 20.2. The van der Waals surface area contributed by atoms with Crippen molar-refractivity contribution >= 4 is 11.8 Å². The van der Waals surface area contributed by atoms with E-state index in [0.717, 1.165) is 18.4 Å². The van der Waals surface area contributed by atoms with E-state index in [2.05, 4.69) is 10.3 Å². The van der Waals surface area contributed by atoms with E-state index in [1.54, 1.807) is 17.0 Å². The molecule has 7 heteroatoms. The van der Waals surface area contributed by atoms with Crippen molar-refractivity contribution in [2.24, 2.45) is 0 Å². The molecule has 0 bridgehead atoms. The smallest absolute Gasteiger partial charge is 0.289 e. The monoisotopic (exact) mass is 393 g/mol. The lowest BCUT2D eigenvalue weighted by atomic mass is 10.0. The first-order chi connectivity index (χ1) is 14.1. The van der Waals surface area contributed by atoms with Crippen LogP contribution in [0.15, 0.2) is 57.6 Å². The van der Waals surface area contributed by atoms with Crippen LogP contribution in [-0.2, 0) is 11.2 Å². The lowest BCUT2D eigenvalue weighted by Crippen LogP contribution is -2.49. The van der Waals surface area contributed by atoms with Crippen LogP contribution in [0.2, 0.25) is 0 Å². The summed E-state index contributed by atoms with van der Waals surface area (Å²) in [6.07, 6.45) is 3.30. The predicted octanol–water partition coefficient (Wildman–Crippen LogP) is 3.21. The van der Waals surface area contributed by atoms with Crippen molar-refractivity contribution in [3.63, 3.8) is 0 Å². The minimum Gasteiger partial charge on any atom is -0.459 e. The van der Waals surface area contributed by atoms with Crippen LogP contribution in [0.4, 0.5) is 0 Å². The number of carbonyl (C=O) groups excluding carboxylic acids is 2. The van der Waals surface area contributed by atoms with E-state index in [4.69, 9.17) is 8.83 Å². The van der Waals surface area contributed by atoms with Gasteiger partial charge in [0, 0.05) is 24.7 Å². The van der Waals surface area contributed by atoms with Crippen LogP contribution in [-0.4, -0.2) is 40.8 Å². The van der Waals surface area contributed by atoms with E-state index < -0.39 is 0 Å². The van der Waals surface area contributed by atoms with Gasteiger partial charge in [0.2, 0.25) is 11.8 Å². The number of piperidine rings is 1. The van der Waals surface area contributed by atoms with Crippen molar-refractivity contribution in [2.45, 2.75) is 32.2 Å². The Kier molecular flexibility index (Phi) is 5.46. The SMILES string of the molecule is Cc1oc(-c2ccccc2)nc1CC(=O)NC1CCCN(C(=O)c2ccco2)C1. The quantitative estimate of drug-likeness (QED) is 0.719. The minimum absolute atomic E-state index is 0.0871. The van der Waals surface area contributed by atoms with E-state index in [0.29, 0.717) is 36.2 Å². The van der Waals surface area contributed by atoms with E-state index in [1.165, 1.54) is 6.26 Å². The summed E-state index contributed by atoms with van der Waals surface area (Å²) in [7, 11) is 0. The van der Waals surface area contributed by atoms with Crippen molar-refractivity contribution in [2.75, 3.05) is 13.1 Å². The summed E-state index contributed by atoms with van der Waals surface area (Å²) >= 11 is 0. The number of nitrogens with one attached hydrogen (secondary N) is 1. The highest BCUT2D eigenvalue weighted by molar-refractivity contribution is 5.91. The number of furan rings is 1. The molecular formula is C22H23N3O4. The molecule has 3 aromatic rings. The first kappa shape index (κ1) is 19.0. The van der Waals surface area contributed by atoms with E-state index in [-0.39, 0.29) is 24.3 Å². The average molecular weight is 393 g/mol. The predicted molar refractivity (Wildman–Crippen MR) is 106 cm³/mol. The van der Waals surface area contributed by atoms with Gasteiger partial charge in [-0.3, -0.25) is 9.59 Å². The second-order valence-corrected chi connectivity index (χ2v) is 7.20. The van der Waals surface area contributed by atoms with Crippen molar-refractivity contribution < 1.29 is 18.4 Å². The minimum atomic E-state index is -0.145. The molecule has 1 unspecified atom stereocenters. The standard InChI is InChI=1S/C22H23N3O4/c1-15-18(24-21(29-15)16-7-3-2-4-8-16)13-20(26)23-17-9-5-11-25(14-17)22(27)19-10-6-12-28-19/h2-4,6-8,10,12,17H,5,9,11,13-14H2,1H3,(H,23,26). The molecule has 1 atom stereocenters. The zero-order valence-corrected chi connectivity index (χ0v) is 16.3. The molecule has 0 saturated carbocycles. The van der Waals surface area contributed by atoms with Gasteiger partial charge in [-0.25, -0.2) is 4.98 Å². The van der Waals surface area contributed by atoms with Gasteiger partial charge in [-0.1, -0.05) is 18.2 Å². The number of nitrogens with zero attached hydrogens (tertiary/aromatic N) is 2. The maximum absolute atomic E-state index is 12.6. The number of amides is 2. The number of rotatable bonds is 5. The molecule has 2 amide bonds. The number of hydrogen-bond donors (Lipinski definition) is 1. The van der Waals surface area contributed by atoms with Crippen molar-refractivity contribution in [1.29, 1.82) is 0 Å². The number of benzene rings is 1. The molecule has 3 heterocycles. The third-order valence-corrected chi connectivity index (χ3v) is 5.05. The van der Waals surface area contributed by atoms with Crippen LogP contribution in [0.25, 0.3) is 11.5 Å². The lowest BCUT2D eigenvalue weighted by molar-refractivity contribution is -0.121. The number of likely N-dealkylation sites (tertiary alicyclic amines) is 1. The van der Waals surface area contributed by atoms with Crippen molar-refractivity contribution in [3.8, 4) is 11.5 Å². The fourth-order valence-corrected chi connectivity index (χ4v) is 3.56. The Labute approximate surface area is 168 Å². The Morgan fingerprint density at radius 1 is 1.21 bits per heavy atom. The van der Waals surface area contributed by atoms with Gasteiger partial charge in [0.05, 0.1) is 18.4 Å². The summed E-state index contributed by atoms with van der Waals surface area (Å²) in [6.45, 7) is 2.94. The number of hydrogen-bond acceptors (Lipinski definition) is 5. The summed E-state index contributed by atoms with van der Waals surface area (Å²) in [5, 5.41) is 3.03. The molecule has 1 fully saturated rings. The fraction of sp³-hybridized carbons (Fsp3) is 0.318. The highest BCUT2D eigenvalue weighted by Gasteiger charge is 2.27. The topological polar surface area (TPSA) is 88.6 Å². The second-order valence-electron chi connectivity index (χ2n) is 7.20. The third kappa shape index (κ3) is 4.39. The first-order valence-electron chi connectivity index (χ1n) is 9.74. The van der Waals surface area contributed by atoms with E-state index >= 15 is 0 Å². The number of aromatic nitrogens is 1. The number of oxazole rings is 1. The number of aryl methyl sites for hydroxylation is 1. The summed E-state index contributed by atoms with van der Waals surface area (Å²) in [4.78, 5) is 31.2. The van der Waals surface area contributed by atoms with Gasteiger partial charge in [0.25, 0.3) is 5.91 Å². The van der Waals surface area contributed by atoms with Gasteiger partial charge in [0.15, 0.2) is 5.76 Å². The summed E-state index contributed by atoms with van der Waals surface area (Å²) in [6, 6.07) is 12.9. The molecule has 1 aliphatic rings. The van der Waals surface area contributed by atoms with Crippen LogP contribution < -0.4 is 5.32 Å². The van der Waals surface area contributed by atoms with E-state index in [9.17, 15) is 9.59 Å². The lowest BCUT2D eigenvalue weighted by Gasteiger charge is -2.32. The number of carbonyl (C=O) groups is 2. The van der Waals surface area contributed by atoms with Crippen LogP contribution in [0.5, 0.6) is 0 Å². The van der Waals surface area contributed by atoms with Crippen LogP contribution in [0, 0.1) is 6.92 Å². The van der Waals surface area contributed by atoms with Gasteiger partial charge in [-0.15, -0.1) is 0 Å². The summed E-state index contributed by atoms with van der Waals surface area (Å²) in [5.74, 6) is 1.20. The Morgan fingerprint density at radius 2 is 2.03 bits per heavy atom. The van der Waals surface area contributed by atoms with Gasteiger partial charge >= 0.3 is 0 Å². The molecule has 7 nitrogen and oxygen atoms in total. The highest BCUT2D eigenvalue weighted by Crippen LogP contribution is 2.22. The Hall–Kier alpha value is -3.35. The first-order valence-corrected chi connectivity index (χ1v) is 9.74. The average Bonchev–Trinajstić information content (AvgIpc) is 3.39. The Morgan fingerprint density at radius 3 is 2.79 bits per heavy atom. The van der Waals surface area contributed by atoms with Crippen LogP contribution in [0.3, 0.4) is 0 Å². The molecule has 1 N–H and O–H groups in total. The van der Waals surface area contributed by atoms with Crippen molar-refractivity contribution in [3.05, 3.63) is 65.9 Å². The highest BCUT2D eigenvalue weighted by atomic mass is 16.4. The Bertz CT molecular complexity index is 979. The molecule has 0 spiro atoms. The fourth-order valence-electron chi connectivity index (χ4n) is 3.56. The maximum atomic E-state index is 12.6. The van der Waals surface area contributed by atoms with Crippen LogP contribution in [0.1, 0.15) is 34.9 Å². The largest absolute Gasteiger partial charge is 0.459 e. The molecule has 1 aromatic carbocycles. The molecule has 4 rings (SSSR count). The van der Waals surface area contributed by atoms with Gasteiger partial charge in [-0.2, -0.15) is 0 Å². The maximum Gasteiger partial charge on any atom is 0.289 e. The summed E-state index contributed by atoms with van der Waals surface area (Å²) in [5.41, 5.74) is 1.50. The van der Waals surface area contributed by atoms with Gasteiger partial charge in [0.1, 0.15) is 5.76 Å². The molecule has 1 aliphatic heterocycles. The molecule has 0 radical (unpaired) electrons. The zero-order valence-electron chi connectivity index (χ0n) is 16.3. The molecule has 150 valence electrons.